The van der Waals surface area contributed by atoms with Crippen molar-refractivity contribution in [2.24, 2.45) is 17.8 Å². The van der Waals surface area contributed by atoms with E-state index in [1.54, 1.807) is 0 Å². The van der Waals surface area contributed by atoms with Crippen molar-refractivity contribution < 1.29 is 221 Å². The van der Waals surface area contributed by atoms with E-state index in [0.29, 0.717) is 97.2 Å². The number of amides is 6. The summed E-state index contributed by atoms with van der Waals surface area (Å²) in [4.78, 5) is 70.7. The number of ether oxygens (including phenoxy) is 20. The summed E-state index contributed by atoms with van der Waals surface area (Å²) in [7, 11) is 11.6. The first-order valence-corrected chi connectivity index (χ1v) is 43.0. The summed E-state index contributed by atoms with van der Waals surface area (Å²) in [6.45, 7) is 1.98. The lowest BCUT2D eigenvalue weighted by Crippen LogP contribution is -2.64. The number of alkyl carbamates (subject to hydrolysis) is 6. The standard InChI is InChI=1S/C21H38N2O11.C21H37NO13.C19H33NO12.C6H14N2O2.C6H13NO4.C4H9NO3/c1-23(2)7-6-22-21(29)31-10-13-11-5-3-4-8-30-19-17(28)15(26)18(12(9-24)32-19)34-20(33-13)16(27)14(11)25;23-5-8-30-7-4-22-21(29)32-10-13-11-3-1-2-6-31-19-17(28)15(26)18(12(9-24)33-19)35-20(34-13)16(27)14(11)25;21-5-4-20-19(27)29-8-11-9-3-1-2-6-28-17-15(26)13(24)16(10(7-22)30-17)32-18(31-11)14(25)12(9)23;1-8(2)5-4-7-6(9)10-3;1-10-6(9)7-2-4-11-5-3-8;1-8-4(7)5-2-3-6/h11-20,24-28H,3-10H2,1-2H3,(H,22,29);11-20,23-28H,1-10H2,(H,22,29);9-18,21-26H,1-8H2,(H,20,27);4-5H2,1-3H3,(H,7,9);8H,2-5H2,1H3,(H,7,9);6H,2-3H2,1H3,(H,5,7)/t2*11-,12?,13?,14+,15-,16?,17?,18-,19-,20+;9-,10?,11?,12+,13-,14?,15?,16-,17-,18+;;;/m111.../s1. The lowest BCUT2D eigenvalue weighted by molar-refractivity contribution is -0.357. The second kappa shape index (κ2) is 65.0. The summed E-state index contributed by atoms with van der Waals surface area (Å²) in [5, 5.41) is 205. The Morgan fingerprint density at radius 2 is 0.546 bits per heavy atom. The maximum absolute atomic E-state index is 12.1. The molecule has 0 aromatic heterocycles. The molecule has 18 heterocycles. The number of aliphatic hydroxyl groups is 19. The third kappa shape index (κ3) is 40.3. The molecule has 18 aliphatic heterocycles. The van der Waals surface area contributed by atoms with Gasteiger partial charge in [0.2, 0.25) is 0 Å². The van der Waals surface area contributed by atoms with E-state index in [0.717, 1.165) is 6.54 Å². The fraction of sp³-hybridized carbons (Fsp3) is 0.922. The van der Waals surface area contributed by atoms with Crippen molar-refractivity contribution in [2.45, 2.75) is 224 Å². The zero-order valence-corrected chi connectivity index (χ0v) is 74.4. The maximum Gasteiger partial charge on any atom is 0.407 e. The van der Waals surface area contributed by atoms with Gasteiger partial charge in [-0.3, -0.25) is 0 Å². The van der Waals surface area contributed by atoms with E-state index in [2.05, 4.69) is 46.1 Å². The van der Waals surface area contributed by atoms with Gasteiger partial charge in [0.15, 0.2) is 37.7 Å². The van der Waals surface area contributed by atoms with Crippen molar-refractivity contribution in [1.82, 2.24) is 41.7 Å². The average Bonchev–Trinajstić information content (AvgIpc) is 0.788. The summed E-state index contributed by atoms with van der Waals surface area (Å²) in [6.07, 6.45) is -33.8. The van der Waals surface area contributed by atoms with Crippen LogP contribution in [0.4, 0.5) is 28.8 Å². The highest BCUT2D eigenvalue weighted by Gasteiger charge is 2.56. The number of carbonyl (C=O) groups is 6. The van der Waals surface area contributed by atoms with Gasteiger partial charge in [-0.2, -0.15) is 0 Å². The second-order valence-corrected chi connectivity index (χ2v) is 31.1. The number of likely N-dealkylation sites (N-methyl/N-ethyl adjacent to an activating group) is 2. The molecule has 18 fully saturated rings. The van der Waals surface area contributed by atoms with Crippen LogP contribution in [0.5, 0.6) is 0 Å². The molecule has 0 aromatic rings. The molecule has 762 valence electrons. The molecule has 0 radical (unpaired) electrons. The van der Waals surface area contributed by atoms with Crippen LogP contribution in [0, 0.1) is 17.8 Å². The Balaban J connectivity index is 0.000000353. The molecule has 0 aliphatic carbocycles. The second-order valence-electron chi connectivity index (χ2n) is 31.1. The number of rotatable bonds is 29. The summed E-state index contributed by atoms with van der Waals surface area (Å²) in [5.41, 5.74) is 0. The van der Waals surface area contributed by atoms with Crippen LogP contribution in [0.25, 0.3) is 0 Å². The Labute approximate surface area is 752 Å². The number of methoxy groups -OCH3 is 3. The van der Waals surface area contributed by atoms with Gasteiger partial charge in [-0.15, -0.1) is 0 Å². The van der Waals surface area contributed by atoms with Crippen molar-refractivity contribution in [1.29, 1.82) is 0 Å². The molecular formula is C77H144N8O45. The third-order valence-electron chi connectivity index (χ3n) is 21.2. The molecule has 18 rings (SSSR count). The molecule has 0 spiro atoms. The van der Waals surface area contributed by atoms with Crippen LogP contribution in [-0.2, 0) is 94.7 Å². The largest absolute Gasteiger partial charge is 0.453 e. The van der Waals surface area contributed by atoms with Crippen LogP contribution >= 0.6 is 0 Å². The first-order valence-electron chi connectivity index (χ1n) is 43.0. The first-order chi connectivity index (χ1) is 62.2. The lowest BCUT2D eigenvalue weighted by Gasteiger charge is -2.47. The quantitative estimate of drug-likeness (QED) is 0.0244. The Hall–Kier alpha value is -5.78. The number of carbonyl (C=O) groups excluding carboxylic acids is 6. The molecule has 53 nitrogen and oxygen atoms in total. The normalized spacial score (nSPS) is 34.2. The van der Waals surface area contributed by atoms with Crippen LogP contribution < -0.4 is 31.9 Å². The monoisotopic (exact) mass is 1900 g/mol. The Kier molecular flexibility index (Phi) is 58.3. The van der Waals surface area contributed by atoms with Crippen molar-refractivity contribution >= 4 is 36.6 Å². The van der Waals surface area contributed by atoms with Gasteiger partial charge < -0.3 is 233 Å². The van der Waals surface area contributed by atoms with E-state index < -0.39 is 234 Å². The maximum atomic E-state index is 12.1. The molecular weight excluding hydrogens is 1760 g/mol. The van der Waals surface area contributed by atoms with Crippen molar-refractivity contribution in [3.8, 4) is 0 Å². The highest BCUT2D eigenvalue weighted by atomic mass is 16.8. The Morgan fingerprint density at radius 3 is 0.815 bits per heavy atom. The lowest BCUT2D eigenvalue weighted by atomic mass is 9.85. The van der Waals surface area contributed by atoms with Crippen LogP contribution in [0.2, 0.25) is 0 Å². The fourth-order valence-corrected chi connectivity index (χ4v) is 14.2. The predicted molar refractivity (Wildman–Crippen MR) is 436 cm³/mol. The SMILES string of the molecule is CN(C)CCNC(=O)OCC1O[C@H]2O[C@@H]3C(CO)O[C@@H](OCCCC[C@H]1[C@H](O)C2O)C(O)[C@H]3O.COC(=O)NCCN(C)C.COC(=O)NCCO.COC(=O)NCCOCCO.O=C(NCCO)OCC1O[C@H]2O[C@@H]3C(CO)O[C@@H](OCCCC[C@H]1[C@H](O)C2O)C(O)[C@H]3O.O=C(NCCOCCO)OCC1O[C@H]2O[C@@H]3C(CO)O[C@@H](OCCCC[C@H]1[C@H](O)C2O)C(O)[C@H]3O. The molecule has 0 saturated carbocycles. The number of nitrogens with zero attached hydrogens (tertiary/aromatic N) is 2. The van der Waals surface area contributed by atoms with Gasteiger partial charge in [0, 0.05) is 89.9 Å². The highest BCUT2D eigenvalue weighted by molar-refractivity contribution is 5.68. The van der Waals surface area contributed by atoms with E-state index in [-0.39, 0.29) is 105 Å². The number of aliphatic hydroxyl groups excluding tert-OH is 19. The minimum atomic E-state index is -1.53. The van der Waals surface area contributed by atoms with E-state index in [1.807, 2.05) is 38.0 Å². The number of hydrogen-bond donors (Lipinski definition) is 25. The van der Waals surface area contributed by atoms with Gasteiger partial charge in [0.05, 0.1) is 112 Å². The molecule has 0 aromatic carbocycles. The summed E-state index contributed by atoms with van der Waals surface area (Å²) in [5.74, 6) is -1.73. The zero-order valence-electron chi connectivity index (χ0n) is 74.4. The Morgan fingerprint density at radius 1 is 0.292 bits per heavy atom. The van der Waals surface area contributed by atoms with E-state index in [1.165, 1.54) is 21.3 Å². The molecule has 30 atom stereocenters. The summed E-state index contributed by atoms with van der Waals surface area (Å²) in [6, 6.07) is 0. The third-order valence-corrected chi connectivity index (χ3v) is 21.2. The van der Waals surface area contributed by atoms with Crippen LogP contribution in [0.1, 0.15) is 57.8 Å². The van der Waals surface area contributed by atoms with E-state index >= 15 is 0 Å². The predicted octanol–water partition coefficient (Wildman–Crippen LogP) is -10.4. The fourth-order valence-electron chi connectivity index (χ4n) is 14.2. The zero-order chi connectivity index (χ0) is 96.4. The van der Waals surface area contributed by atoms with Gasteiger partial charge in [-0.25, -0.2) is 28.8 Å². The van der Waals surface area contributed by atoms with Gasteiger partial charge in [-0.1, -0.05) is 19.3 Å². The molecule has 12 unspecified atom stereocenters. The topological polar surface area (TPSA) is 750 Å². The van der Waals surface area contributed by atoms with E-state index in [4.69, 9.17) is 101 Å². The highest BCUT2D eigenvalue weighted by Crippen LogP contribution is 2.39. The molecule has 18 saturated heterocycles. The average molecular weight is 1900 g/mol. The van der Waals surface area contributed by atoms with Gasteiger partial charge in [0.25, 0.3) is 0 Å². The van der Waals surface area contributed by atoms with Crippen LogP contribution in [-0.4, -0.2) is 524 Å². The molecule has 6 amide bonds. The number of nitrogens with one attached hydrogen (secondary N) is 6. The van der Waals surface area contributed by atoms with Gasteiger partial charge >= 0.3 is 36.6 Å². The van der Waals surface area contributed by atoms with E-state index in [9.17, 15) is 105 Å². The number of hydrogen-bond acceptors (Lipinski definition) is 47. The van der Waals surface area contributed by atoms with Gasteiger partial charge in [-0.05, 0) is 66.7 Å². The van der Waals surface area contributed by atoms with Gasteiger partial charge in [0.1, 0.15) is 130 Å². The molecule has 25 N–H and O–H groups in total. The van der Waals surface area contributed by atoms with Crippen LogP contribution in [0.15, 0.2) is 0 Å². The Bertz CT molecular complexity index is 3040. The summed E-state index contributed by atoms with van der Waals surface area (Å²) >= 11 is 0. The van der Waals surface area contributed by atoms with Crippen LogP contribution in [0.3, 0.4) is 0 Å². The first kappa shape index (κ1) is 117. The molecule has 18 aliphatic rings. The minimum absolute atomic E-state index is 0.00176. The van der Waals surface area contributed by atoms with Crippen molar-refractivity contribution in [3.63, 3.8) is 0 Å². The molecule has 53 heteroatoms. The smallest absolute Gasteiger partial charge is 0.407 e. The molecule has 130 heavy (non-hydrogen) atoms. The van der Waals surface area contributed by atoms with Crippen molar-refractivity contribution in [3.05, 3.63) is 0 Å². The summed E-state index contributed by atoms with van der Waals surface area (Å²) < 4.78 is 106. The van der Waals surface area contributed by atoms with Crippen molar-refractivity contribution in [2.75, 3.05) is 214 Å². The molecule has 12 bridgehead atoms. The minimum Gasteiger partial charge on any atom is -0.453 e.